The molecule has 1 aromatic rings. The van der Waals surface area contributed by atoms with E-state index < -0.39 is 0 Å². The first-order valence-corrected chi connectivity index (χ1v) is 14.0. The van der Waals surface area contributed by atoms with Gasteiger partial charge >= 0.3 is 5.97 Å². The number of carbonyl (C=O) groups is 1. The van der Waals surface area contributed by atoms with E-state index in [1.165, 1.54) is 109 Å². The molecule has 1 heterocycles. The SMILES string of the molecule is CCCCCC/C=C\CCCCCCCCCCCCCCCC(=O)OCc1cccnc1. The van der Waals surface area contributed by atoms with Crippen molar-refractivity contribution in [2.24, 2.45) is 0 Å². The number of nitrogens with zero attached hydrogens (tertiary/aromatic N) is 1. The first kappa shape index (κ1) is 29.4. The molecule has 0 saturated carbocycles. The van der Waals surface area contributed by atoms with Crippen molar-refractivity contribution in [2.45, 2.75) is 142 Å². The van der Waals surface area contributed by atoms with E-state index in [2.05, 4.69) is 24.1 Å². The molecular formula is C30H51NO2. The average Bonchev–Trinajstić information content (AvgIpc) is 2.84. The van der Waals surface area contributed by atoms with Gasteiger partial charge in [0.05, 0.1) is 0 Å². The van der Waals surface area contributed by atoms with Gasteiger partial charge in [0.15, 0.2) is 0 Å². The maximum absolute atomic E-state index is 11.8. The topological polar surface area (TPSA) is 39.2 Å². The number of pyridine rings is 1. The number of hydrogen-bond acceptors (Lipinski definition) is 3. The summed E-state index contributed by atoms with van der Waals surface area (Å²) in [6, 6.07) is 3.79. The molecule has 0 aliphatic rings. The predicted molar refractivity (Wildman–Crippen MR) is 141 cm³/mol. The minimum atomic E-state index is -0.0897. The summed E-state index contributed by atoms with van der Waals surface area (Å²) in [6.07, 6.45) is 34.0. The zero-order chi connectivity index (χ0) is 23.7. The molecule has 0 aliphatic heterocycles. The molecule has 0 atom stereocenters. The summed E-state index contributed by atoms with van der Waals surface area (Å²) in [4.78, 5) is 15.8. The van der Waals surface area contributed by atoms with Crippen LogP contribution in [0, 0.1) is 0 Å². The Balaban J connectivity index is 1.73. The molecule has 0 bridgehead atoms. The third kappa shape index (κ3) is 20.7. The molecule has 0 aliphatic carbocycles. The summed E-state index contributed by atoms with van der Waals surface area (Å²) in [6.45, 7) is 2.61. The minimum Gasteiger partial charge on any atom is -0.461 e. The lowest BCUT2D eigenvalue weighted by atomic mass is 10.0. The second kappa shape index (κ2) is 23.5. The van der Waals surface area contributed by atoms with Gasteiger partial charge < -0.3 is 4.74 Å². The maximum atomic E-state index is 11.8. The van der Waals surface area contributed by atoms with Gasteiger partial charge in [-0.3, -0.25) is 9.78 Å². The smallest absolute Gasteiger partial charge is 0.306 e. The van der Waals surface area contributed by atoms with Crippen LogP contribution in [0.5, 0.6) is 0 Å². The number of ether oxygens (including phenoxy) is 1. The van der Waals surface area contributed by atoms with Crippen molar-refractivity contribution in [3.8, 4) is 0 Å². The summed E-state index contributed by atoms with van der Waals surface area (Å²) >= 11 is 0. The molecule has 1 aromatic heterocycles. The van der Waals surface area contributed by atoms with Gasteiger partial charge in [-0.15, -0.1) is 0 Å². The van der Waals surface area contributed by atoms with Crippen molar-refractivity contribution >= 4 is 5.97 Å². The van der Waals surface area contributed by atoms with Gasteiger partial charge in [-0.25, -0.2) is 0 Å². The second-order valence-electron chi connectivity index (χ2n) is 9.48. The summed E-state index contributed by atoms with van der Waals surface area (Å²) < 4.78 is 5.29. The van der Waals surface area contributed by atoms with E-state index in [0.717, 1.165) is 18.4 Å². The van der Waals surface area contributed by atoms with E-state index in [9.17, 15) is 4.79 Å². The Morgan fingerprint density at radius 3 is 1.79 bits per heavy atom. The van der Waals surface area contributed by atoms with E-state index in [-0.39, 0.29) is 5.97 Å². The second-order valence-corrected chi connectivity index (χ2v) is 9.48. The van der Waals surface area contributed by atoms with Gasteiger partial charge in [0.1, 0.15) is 6.61 Å². The van der Waals surface area contributed by atoms with E-state index in [4.69, 9.17) is 4.74 Å². The molecule has 3 nitrogen and oxygen atoms in total. The Hall–Kier alpha value is -1.64. The van der Waals surface area contributed by atoms with Crippen LogP contribution in [-0.2, 0) is 16.1 Å². The quantitative estimate of drug-likeness (QED) is 0.0932. The number of esters is 1. The zero-order valence-electron chi connectivity index (χ0n) is 21.6. The molecule has 0 unspecified atom stereocenters. The van der Waals surface area contributed by atoms with Crippen molar-refractivity contribution < 1.29 is 9.53 Å². The summed E-state index contributed by atoms with van der Waals surface area (Å²) in [7, 11) is 0. The molecule has 1 rings (SSSR count). The summed E-state index contributed by atoms with van der Waals surface area (Å²) in [5.74, 6) is -0.0897. The van der Waals surface area contributed by atoms with Gasteiger partial charge in [-0.05, 0) is 38.2 Å². The van der Waals surface area contributed by atoms with Crippen LogP contribution < -0.4 is 0 Å². The van der Waals surface area contributed by atoms with Crippen LogP contribution in [0.2, 0.25) is 0 Å². The highest BCUT2D eigenvalue weighted by Crippen LogP contribution is 2.14. The number of hydrogen-bond donors (Lipinski definition) is 0. The molecule has 0 saturated heterocycles. The third-order valence-corrected chi connectivity index (χ3v) is 6.27. The summed E-state index contributed by atoms with van der Waals surface area (Å²) in [5, 5.41) is 0. The van der Waals surface area contributed by atoms with Crippen LogP contribution in [0.1, 0.15) is 141 Å². The van der Waals surface area contributed by atoms with Crippen molar-refractivity contribution in [2.75, 3.05) is 0 Å². The Morgan fingerprint density at radius 1 is 0.758 bits per heavy atom. The van der Waals surface area contributed by atoms with Crippen molar-refractivity contribution in [1.82, 2.24) is 4.98 Å². The highest BCUT2D eigenvalue weighted by atomic mass is 16.5. The first-order chi connectivity index (χ1) is 16.3. The monoisotopic (exact) mass is 457 g/mol. The van der Waals surface area contributed by atoms with Gasteiger partial charge in [0.2, 0.25) is 0 Å². The fourth-order valence-electron chi connectivity index (χ4n) is 4.12. The molecule has 188 valence electrons. The van der Waals surface area contributed by atoms with E-state index in [1.54, 1.807) is 12.4 Å². The molecule has 0 fully saturated rings. The van der Waals surface area contributed by atoms with Crippen LogP contribution in [0.3, 0.4) is 0 Å². The van der Waals surface area contributed by atoms with Crippen LogP contribution in [0.25, 0.3) is 0 Å². The first-order valence-electron chi connectivity index (χ1n) is 14.0. The Kier molecular flexibility index (Phi) is 20.9. The number of carbonyl (C=O) groups excluding carboxylic acids is 1. The van der Waals surface area contributed by atoms with E-state index in [0.29, 0.717) is 13.0 Å². The molecule has 0 aromatic carbocycles. The molecular weight excluding hydrogens is 406 g/mol. The third-order valence-electron chi connectivity index (χ3n) is 6.27. The number of aromatic nitrogens is 1. The molecule has 0 N–H and O–H groups in total. The summed E-state index contributed by atoms with van der Waals surface area (Å²) in [5.41, 5.74) is 0.946. The normalized spacial score (nSPS) is 11.3. The molecule has 0 spiro atoms. The lowest BCUT2D eigenvalue weighted by Crippen LogP contribution is -2.04. The van der Waals surface area contributed by atoms with E-state index >= 15 is 0 Å². The van der Waals surface area contributed by atoms with Gasteiger partial charge in [0.25, 0.3) is 0 Å². The number of allylic oxidation sites excluding steroid dienone is 2. The molecule has 33 heavy (non-hydrogen) atoms. The number of unbranched alkanes of at least 4 members (excludes halogenated alkanes) is 17. The fraction of sp³-hybridized carbons (Fsp3) is 0.733. The highest BCUT2D eigenvalue weighted by Gasteiger charge is 2.03. The Bertz CT molecular complexity index is 570. The number of rotatable bonds is 23. The lowest BCUT2D eigenvalue weighted by Gasteiger charge is -2.05. The Morgan fingerprint density at radius 2 is 1.27 bits per heavy atom. The van der Waals surface area contributed by atoms with Crippen molar-refractivity contribution in [1.29, 1.82) is 0 Å². The average molecular weight is 458 g/mol. The van der Waals surface area contributed by atoms with E-state index in [1.807, 2.05) is 12.1 Å². The van der Waals surface area contributed by atoms with Gasteiger partial charge in [0, 0.05) is 24.4 Å². The van der Waals surface area contributed by atoms with Crippen LogP contribution >= 0.6 is 0 Å². The van der Waals surface area contributed by atoms with Gasteiger partial charge in [-0.1, -0.05) is 115 Å². The Labute approximate surface area is 204 Å². The largest absolute Gasteiger partial charge is 0.461 e. The van der Waals surface area contributed by atoms with Crippen LogP contribution in [0.15, 0.2) is 36.7 Å². The van der Waals surface area contributed by atoms with Crippen LogP contribution in [0.4, 0.5) is 0 Å². The predicted octanol–water partition coefficient (Wildman–Crippen LogP) is 9.50. The van der Waals surface area contributed by atoms with Crippen LogP contribution in [-0.4, -0.2) is 11.0 Å². The van der Waals surface area contributed by atoms with Crippen molar-refractivity contribution in [3.63, 3.8) is 0 Å². The standard InChI is InChI=1S/C30H51NO2/c1-2-3-4-5-6-7-8-9-10-11-12-13-14-15-16-17-18-19-20-21-22-25-30(32)33-28-29-24-23-26-31-27-29/h7-8,23-24,26-27H,2-6,9-22,25,28H2,1H3/b8-7-. The molecule has 3 heteroatoms. The van der Waals surface area contributed by atoms with Gasteiger partial charge in [-0.2, -0.15) is 0 Å². The fourth-order valence-corrected chi connectivity index (χ4v) is 4.12. The minimum absolute atomic E-state index is 0.0897. The van der Waals surface area contributed by atoms with Crippen molar-refractivity contribution in [3.05, 3.63) is 42.2 Å². The highest BCUT2D eigenvalue weighted by molar-refractivity contribution is 5.69. The molecule has 0 radical (unpaired) electrons. The maximum Gasteiger partial charge on any atom is 0.306 e. The molecule has 0 amide bonds. The lowest BCUT2D eigenvalue weighted by molar-refractivity contribution is -0.145. The zero-order valence-corrected chi connectivity index (χ0v) is 21.6.